The van der Waals surface area contributed by atoms with Gasteiger partial charge in [0.15, 0.2) is 12.0 Å². The van der Waals surface area contributed by atoms with Crippen LogP contribution in [0.1, 0.15) is 10.5 Å². The Morgan fingerprint density at radius 1 is 1.47 bits per heavy atom. The predicted octanol–water partition coefficient (Wildman–Crippen LogP) is 2.60. The number of halogens is 1. The van der Waals surface area contributed by atoms with Crippen molar-refractivity contribution < 1.29 is 4.79 Å². The standard InChI is InChI=1S/C12H10ClN3O/c1-2-6-16-12(11(8-17)14-15-16)9-4-3-5-10(13)7-9/h2-5,7-8H,1,6H2. The fraction of sp³-hybridized carbons (Fsp3) is 0.0833. The Bertz CT molecular complexity index is 563. The second kappa shape index (κ2) is 4.93. The van der Waals surface area contributed by atoms with Crippen molar-refractivity contribution >= 4 is 17.9 Å². The fourth-order valence-corrected chi connectivity index (χ4v) is 1.78. The van der Waals surface area contributed by atoms with E-state index in [9.17, 15) is 4.79 Å². The molecule has 0 unspecified atom stereocenters. The number of hydrogen-bond acceptors (Lipinski definition) is 3. The predicted molar refractivity (Wildman–Crippen MR) is 66.1 cm³/mol. The molecule has 0 atom stereocenters. The zero-order valence-corrected chi connectivity index (χ0v) is 9.76. The highest BCUT2D eigenvalue weighted by molar-refractivity contribution is 6.30. The van der Waals surface area contributed by atoms with Crippen LogP contribution in [-0.2, 0) is 6.54 Å². The first-order chi connectivity index (χ1) is 8.26. The number of aldehydes is 1. The van der Waals surface area contributed by atoms with Crippen LogP contribution in [0.15, 0.2) is 36.9 Å². The number of carbonyl (C=O) groups excluding carboxylic acids is 1. The monoisotopic (exact) mass is 247 g/mol. The Morgan fingerprint density at radius 2 is 2.29 bits per heavy atom. The number of aromatic nitrogens is 3. The number of benzene rings is 1. The molecule has 0 amide bonds. The van der Waals surface area contributed by atoms with Crippen LogP contribution < -0.4 is 0 Å². The average molecular weight is 248 g/mol. The largest absolute Gasteiger partial charge is 0.296 e. The summed E-state index contributed by atoms with van der Waals surface area (Å²) in [6, 6.07) is 7.22. The van der Waals surface area contributed by atoms with Gasteiger partial charge in [-0.25, -0.2) is 4.68 Å². The van der Waals surface area contributed by atoms with Gasteiger partial charge in [0.25, 0.3) is 0 Å². The molecular weight excluding hydrogens is 238 g/mol. The lowest BCUT2D eigenvalue weighted by atomic mass is 10.1. The lowest BCUT2D eigenvalue weighted by Crippen LogP contribution is -2.00. The summed E-state index contributed by atoms with van der Waals surface area (Å²) in [5.41, 5.74) is 1.77. The van der Waals surface area contributed by atoms with Crippen LogP contribution in [0.2, 0.25) is 5.02 Å². The van der Waals surface area contributed by atoms with Gasteiger partial charge < -0.3 is 0 Å². The quantitative estimate of drug-likeness (QED) is 0.616. The van der Waals surface area contributed by atoms with Crippen molar-refractivity contribution in [2.24, 2.45) is 0 Å². The molecule has 0 fully saturated rings. The van der Waals surface area contributed by atoms with Crippen LogP contribution >= 0.6 is 11.6 Å². The SMILES string of the molecule is C=CCn1nnc(C=O)c1-c1cccc(Cl)c1. The molecule has 0 saturated carbocycles. The van der Waals surface area contributed by atoms with Gasteiger partial charge in [0.2, 0.25) is 0 Å². The van der Waals surface area contributed by atoms with Gasteiger partial charge >= 0.3 is 0 Å². The topological polar surface area (TPSA) is 47.8 Å². The Balaban J connectivity index is 2.59. The Labute approximate surface area is 104 Å². The van der Waals surface area contributed by atoms with Gasteiger partial charge in [-0.1, -0.05) is 35.0 Å². The molecular formula is C12H10ClN3O. The highest BCUT2D eigenvalue weighted by Gasteiger charge is 2.13. The molecule has 0 spiro atoms. The number of hydrogen-bond donors (Lipinski definition) is 0. The molecule has 0 aliphatic carbocycles. The van der Waals surface area contributed by atoms with E-state index in [2.05, 4.69) is 16.9 Å². The smallest absolute Gasteiger partial charge is 0.172 e. The summed E-state index contributed by atoms with van der Waals surface area (Å²) in [5, 5.41) is 8.32. The van der Waals surface area contributed by atoms with Gasteiger partial charge in [0.1, 0.15) is 0 Å². The zero-order valence-electron chi connectivity index (χ0n) is 9.01. The van der Waals surface area contributed by atoms with Crippen molar-refractivity contribution in [2.45, 2.75) is 6.54 Å². The van der Waals surface area contributed by atoms with Crippen molar-refractivity contribution in [3.8, 4) is 11.3 Å². The third kappa shape index (κ3) is 2.26. The molecule has 1 aromatic carbocycles. The van der Waals surface area contributed by atoms with Crippen LogP contribution in [0.3, 0.4) is 0 Å². The Kier molecular flexibility index (Phi) is 3.35. The van der Waals surface area contributed by atoms with Gasteiger partial charge in [0.05, 0.1) is 12.2 Å². The molecule has 0 radical (unpaired) electrons. The molecule has 4 nitrogen and oxygen atoms in total. The van der Waals surface area contributed by atoms with E-state index in [4.69, 9.17) is 11.6 Å². The first-order valence-electron chi connectivity index (χ1n) is 5.01. The maximum atomic E-state index is 10.9. The first-order valence-corrected chi connectivity index (χ1v) is 5.39. The second-order valence-electron chi connectivity index (χ2n) is 3.42. The summed E-state index contributed by atoms with van der Waals surface area (Å²) >= 11 is 5.93. The molecule has 17 heavy (non-hydrogen) atoms. The normalized spacial score (nSPS) is 10.2. The summed E-state index contributed by atoms with van der Waals surface area (Å²) in [4.78, 5) is 10.9. The summed E-state index contributed by atoms with van der Waals surface area (Å²) in [6.07, 6.45) is 2.38. The summed E-state index contributed by atoms with van der Waals surface area (Å²) in [7, 11) is 0. The zero-order chi connectivity index (χ0) is 12.3. The average Bonchev–Trinajstić information content (AvgIpc) is 2.72. The lowest BCUT2D eigenvalue weighted by molar-refractivity contribution is 0.111. The summed E-state index contributed by atoms with van der Waals surface area (Å²) in [6.45, 7) is 4.13. The molecule has 0 aliphatic heterocycles. The van der Waals surface area contributed by atoms with Crippen LogP contribution in [0.5, 0.6) is 0 Å². The van der Waals surface area contributed by atoms with E-state index in [0.717, 1.165) is 5.56 Å². The van der Waals surface area contributed by atoms with Crippen LogP contribution in [-0.4, -0.2) is 21.3 Å². The molecule has 0 saturated heterocycles. The molecule has 0 N–H and O–H groups in total. The van der Waals surface area contributed by atoms with Crippen LogP contribution in [0, 0.1) is 0 Å². The molecule has 2 aromatic rings. The summed E-state index contributed by atoms with van der Waals surface area (Å²) < 4.78 is 1.61. The molecule has 0 bridgehead atoms. The van der Waals surface area contributed by atoms with Crippen molar-refractivity contribution in [3.63, 3.8) is 0 Å². The van der Waals surface area contributed by atoms with Gasteiger partial charge in [-0.2, -0.15) is 0 Å². The van der Waals surface area contributed by atoms with Crippen molar-refractivity contribution in [2.75, 3.05) is 0 Å². The Hall–Kier alpha value is -1.94. The molecule has 5 heteroatoms. The first kappa shape index (κ1) is 11.5. The number of carbonyl (C=O) groups is 1. The Morgan fingerprint density at radius 3 is 2.94 bits per heavy atom. The second-order valence-corrected chi connectivity index (χ2v) is 3.86. The van der Waals surface area contributed by atoms with E-state index in [0.29, 0.717) is 29.2 Å². The lowest BCUT2D eigenvalue weighted by Gasteiger charge is -2.04. The third-order valence-corrected chi connectivity index (χ3v) is 2.51. The minimum absolute atomic E-state index is 0.300. The molecule has 0 aliphatic rings. The van der Waals surface area contributed by atoms with Gasteiger partial charge in [-0.3, -0.25) is 4.79 Å². The van der Waals surface area contributed by atoms with Crippen LogP contribution in [0.4, 0.5) is 0 Å². The summed E-state index contributed by atoms with van der Waals surface area (Å²) in [5.74, 6) is 0. The highest BCUT2D eigenvalue weighted by Crippen LogP contribution is 2.24. The van der Waals surface area contributed by atoms with E-state index >= 15 is 0 Å². The van der Waals surface area contributed by atoms with Gasteiger partial charge in [-0.05, 0) is 12.1 Å². The van der Waals surface area contributed by atoms with Crippen molar-refractivity contribution in [1.29, 1.82) is 0 Å². The fourth-order valence-electron chi connectivity index (χ4n) is 1.59. The number of nitrogens with zero attached hydrogens (tertiary/aromatic N) is 3. The van der Waals surface area contributed by atoms with Gasteiger partial charge in [-0.15, -0.1) is 11.7 Å². The minimum atomic E-state index is 0.300. The van der Waals surface area contributed by atoms with Crippen molar-refractivity contribution in [3.05, 3.63) is 47.6 Å². The van der Waals surface area contributed by atoms with E-state index in [1.165, 1.54) is 0 Å². The maximum Gasteiger partial charge on any atom is 0.172 e. The highest BCUT2D eigenvalue weighted by atomic mass is 35.5. The van der Waals surface area contributed by atoms with E-state index < -0.39 is 0 Å². The van der Waals surface area contributed by atoms with E-state index in [-0.39, 0.29) is 0 Å². The molecule has 86 valence electrons. The van der Waals surface area contributed by atoms with Crippen molar-refractivity contribution in [1.82, 2.24) is 15.0 Å². The number of allylic oxidation sites excluding steroid dienone is 1. The minimum Gasteiger partial charge on any atom is -0.296 e. The van der Waals surface area contributed by atoms with Crippen LogP contribution in [0.25, 0.3) is 11.3 Å². The molecule has 2 rings (SSSR count). The third-order valence-electron chi connectivity index (χ3n) is 2.27. The molecule has 1 aromatic heterocycles. The molecule has 1 heterocycles. The number of rotatable bonds is 4. The van der Waals surface area contributed by atoms with E-state index in [1.54, 1.807) is 22.9 Å². The van der Waals surface area contributed by atoms with Gasteiger partial charge in [0, 0.05) is 10.6 Å². The maximum absolute atomic E-state index is 10.9. The van der Waals surface area contributed by atoms with E-state index in [1.807, 2.05) is 12.1 Å².